The van der Waals surface area contributed by atoms with Crippen LogP contribution < -0.4 is 4.74 Å². The predicted octanol–water partition coefficient (Wildman–Crippen LogP) is 2.12. The molecule has 26 heavy (non-hydrogen) atoms. The Kier molecular flexibility index (Phi) is 4.67. The average molecular weight is 351 g/mol. The first kappa shape index (κ1) is 16.7. The topological polar surface area (TPSA) is 64.5 Å². The third-order valence-electron chi connectivity index (χ3n) is 4.74. The molecule has 1 aromatic heterocycles. The Labute approximate surface area is 152 Å². The maximum atomic E-state index is 12.6. The number of carbonyl (C=O) groups is 1. The lowest BCUT2D eigenvalue weighted by atomic mass is 10.1. The Morgan fingerprint density at radius 1 is 1.31 bits per heavy atom. The Bertz CT molecular complexity index is 857. The van der Waals surface area contributed by atoms with Crippen LogP contribution in [0.2, 0.25) is 0 Å². The summed E-state index contributed by atoms with van der Waals surface area (Å²) in [6.45, 7) is 2.43. The van der Waals surface area contributed by atoms with Gasteiger partial charge < -0.3 is 14.4 Å². The van der Waals surface area contributed by atoms with Crippen molar-refractivity contribution in [3.8, 4) is 5.75 Å². The Balaban J connectivity index is 1.54. The van der Waals surface area contributed by atoms with Gasteiger partial charge in [-0.2, -0.15) is 0 Å². The molecule has 0 unspecified atom stereocenters. The SMILES string of the molecule is COc1cc(C(=O)N2CCOCC2)ccc1Cc1ncc2c(n1)CC=C2. The number of aromatic nitrogens is 2. The summed E-state index contributed by atoms with van der Waals surface area (Å²) in [7, 11) is 1.62. The average Bonchev–Trinajstić information content (AvgIpc) is 3.16. The summed E-state index contributed by atoms with van der Waals surface area (Å²) < 4.78 is 10.8. The third kappa shape index (κ3) is 3.32. The number of carbonyl (C=O) groups excluding carboxylic acids is 1. The van der Waals surface area contributed by atoms with Crippen molar-refractivity contribution in [1.82, 2.24) is 14.9 Å². The molecule has 1 fully saturated rings. The number of hydrogen-bond acceptors (Lipinski definition) is 5. The summed E-state index contributed by atoms with van der Waals surface area (Å²) >= 11 is 0. The quantitative estimate of drug-likeness (QED) is 0.844. The standard InChI is InChI=1S/C20H21N3O3/c1-25-18-11-15(20(24)23-7-9-26-10-8-23)6-5-14(18)12-19-21-13-16-3-2-4-17(16)22-19/h2-3,5-6,11,13H,4,7-10,12H2,1H3. The van der Waals surface area contributed by atoms with E-state index in [-0.39, 0.29) is 5.91 Å². The molecule has 1 aliphatic carbocycles. The largest absolute Gasteiger partial charge is 0.496 e. The fourth-order valence-electron chi connectivity index (χ4n) is 3.30. The summed E-state index contributed by atoms with van der Waals surface area (Å²) in [5, 5.41) is 0. The van der Waals surface area contributed by atoms with Crippen LogP contribution in [0.1, 0.15) is 33.0 Å². The maximum Gasteiger partial charge on any atom is 0.254 e. The first-order chi connectivity index (χ1) is 12.7. The summed E-state index contributed by atoms with van der Waals surface area (Å²) in [6, 6.07) is 5.59. The first-order valence-corrected chi connectivity index (χ1v) is 8.80. The van der Waals surface area contributed by atoms with Crippen LogP contribution in [0, 0.1) is 0 Å². The molecule has 0 radical (unpaired) electrons. The highest BCUT2D eigenvalue weighted by Crippen LogP contribution is 2.24. The van der Waals surface area contributed by atoms with Crippen molar-refractivity contribution in [2.24, 2.45) is 0 Å². The van der Waals surface area contributed by atoms with Gasteiger partial charge in [0.2, 0.25) is 0 Å². The number of fused-ring (bicyclic) bond motifs is 1. The normalized spacial score (nSPS) is 15.8. The molecule has 2 aliphatic rings. The molecule has 4 rings (SSSR count). The van der Waals surface area contributed by atoms with Crippen molar-refractivity contribution >= 4 is 12.0 Å². The number of benzene rings is 1. The molecule has 0 spiro atoms. The summed E-state index contributed by atoms with van der Waals surface area (Å²) in [5.74, 6) is 1.46. The van der Waals surface area contributed by atoms with Crippen molar-refractivity contribution in [2.45, 2.75) is 12.8 Å². The number of morpholine rings is 1. The van der Waals surface area contributed by atoms with E-state index in [1.807, 2.05) is 35.4 Å². The van der Waals surface area contributed by atoms with Gasteiger partial charge in [0, 0.05) is 48.8 Å². The van der Waals surface area contributed by atoms with Crippen LogP contribution in [-0.2, 0) is 17.6 Å². The van der Waals surface area contributed by atoms with E-state index in [0.29, 0.717) is 44.0 Å². The van der Waals surface area contributed by atoms with Crippen LogP contribution in [0.25, 0.3) is 6.08 Å². The second-order valence-electron chi connectivity index (χ2n) is 6.40. The van der Waals surface area contributed by atoms with E-state index in [9.17, 15) is 4.79 Å². The van der Waals surface area contributed by atoms with E-state index < -0.39 is 0 Å². The van der Waals surface area contributed by atoms with Crippen LogP contribution in [0.5, 0.6) is 5.75 Å². The number of amides is 1. The van der Waals surface area contributed by atoms with E-state index >= 15 is 0 Å². The molecule has 2 heterocycles. The molecule has 1 aliphatic heterocycles. The summed E-state index contributed by atoms with van der Waals surface area (Å²) in [5.41, 5.74) is 3.75. The van der Waals surface area contributed by atoms with Gasteiger partial charge in [-0.05, 0) is 12.1 Å². The van der Waals surface area contributed by atoms with Crippen LogP contribution in [0.15, 0.2) is 30.5 Å². The van der Waals surface area contributed by atoms with Crippen LogP contribution in [0.4, 0.5) is 0 Å². The minimum absolute atomic E-state index is 0.0120. The van der Waals surface area contributed by atoms with Crippen LogP contribution >= 0.6 is 0 Å². The van der Waals surface area contributed by atoms with Gasteiger partial charge in [0.05, 0.1) is 26.0 Å². The zero-order valence-corrected chi connectivity index (χ0v) is 14.8. The molecular formula is C20H21N3O3. The van der Waals surface area contributed by atoms with E-state index in [1.54, 1.807) is 7.11 Å². The maximum absolute atomic E-state index is 12.6. The van der Waals surface area contributed by atoms with Gasteiger partial charge in [0.25, 0.3) is 5.91 Å². The molecule has 1 amide bonds. The number of methoxy groups -OCH3 is 1. The molecule has 6 nitrogen and oxygen atoms in total. The fourth-order valence-corrected chi connectivity index (χ4v) is 3.30. The number of hydrogen-bond donors (Lipinski definition) is 0. The van der Waals surface area contributed by atoms with Gasteiger partial charge in [-0.25, -0.2) is 9.97 Å². The fraction of sp³-hybridized carbons (Fsp3) is 0.350. The van der Waals surface area contributed by atoms with Crippen LogP contribution in [-0.4, -0.2) is 54.2 Å². The van der Waals surface area contributed by atoms with Crippen molar-refractivity contribution in [3.63, 3.8) is 0 Å². The molecule has 1 aromatic carbocycles. The summed E-state index contributed by atoms with van der Waals surface area (Å²) in [6.07, 6.45) is 7.43. The molecule has 0 atom stereocenters. The highest BCUT2D eigenvalue weighted by molar-refractivity contribution is 5.94. The van der Waals surface area contributed by atoms with E-state index in [0.717, 1.165) is 29.1 Å². The number of ether oxygens (including phenoxy) is 2. The van der Waals surface area contributed by atoms with Gasteiger partial charge in [0.1, 0.15) is 11.6 Å². The van der Waals surface area contributed by atoms with Crippen molar-refractivity contribution < 1.29 is 14.3 Å². The molecule has 134 valence electrons. The zero-order chi connectivity index (χ0) is 17.9. The highest BCUT2D eigenvalue weighted by Gasteiger charge is 2.20. The molecule has 0 bridgehead atoms. The molecular weight excluding hydrogens is 330 g/mol. The predicted molar refractivity (Wildman–Crippen MR) is 97.3 cm³/mol. The van der Waals surface area contributed by atoms with Crippen molar-refractivity contribution in [3.05, 3.63) is 58.7 Å². The van der Waals surface area contributed by atoms with Gasteiger partial charge in [-0.1, -0.05) is 18.2 Å². The molecule has 2 aromatic rings. The number of rotatable bonds is 4. The van der Waals surface area contributed by atoms with E-state index in [2.05, 4.69) is 16.0 Å². The minimum atomic E-state index is 0.0120. The first-order valence-electron chi connectivity index (χ1n) is 8.80. The van der Waals surface area contributed by atoms with Gasteiger partial charge in [-0.15, -0.1) is 0 Å². The summed E-state index contributed by atoms with van der Waals surface area (Å²) in [4.78, 5) is 23.5. The Morgan fingerprint density at radius 3 is 2.96 bits per heavy atom. The van der Waals surface area contributed by atoms with Gasteiger partial charge in [0.15, 0.2) is 0 Å². The van der Waals surface area contributed by atoms with Crippen molar-refractivity contribution in [2.75, 3.05) is 33.4 Å². The number of nitrogens with zero attached hydrogens (tertiary/aromatic N) is 3. The zero-order valence-electron chi connectivity index (χ0n) is 14.8. The number of allylic oxidation sites excluding steroid dienone is 1. The van der Waals surface area contributed by atoms with Gasteiger partial charge in [-0.3, -0.25) is 4.79 Å². The lowest BCUT2D eigenvalue weighted by molar-refractivity contribution is 0.0302. The molecule has 6 heteroatoms. The molecule has 0 saturated carbocycles. The minimum Gasteiger partial charge on any atom is -0.496 e. The lowest BCUT2D eigenvalue weighted by Gasteiger charge is -2.27. The lowest BCUT2D eigenvalue weighted by Crippen LogP contribution is -2.40. The monoisotopic (exact) mass is 351 g/mol. The molecule has 0 N–H and O–H groups in total. The second kappa shape index (κ2) is 7.25. The second-order valence-corrected chi connectivity index (χ2v) is 6.40. The van der Waals surface area contributed by atoms with Gasteiger partial charge >= 0.3 is 0 Å². The third-order valence-corrected chi connectivity index (χ3v) is 4.74. The Morgan fingerprint density at radius 2 is 2.15 bits per heavy atom. The molecule has 1 saturated heterocycles. The van der Waals surface area contributed by atoms with E-state index in [4.69, 9.17) is 9.47 Å². The van der Waals surface area contributed by atoms with Crippen molar-refractivity contribution in [1.29, 1.82) is 0 Å². The van der Waals surface area contributed by atoms with Crippen LogP contribution in [0.3, 0.4) is 0 Å². The Hall–Kier alpha value is -2.73. The smallest absolute Gasteiger partial charge is 0.254 e. The van der Waals surface area contributed by atoms with E-state index in [1.165, 1.54) is 0 Å². The highest BCUT2D eigenvalue weighted by atomic mass is 16.5.